The first kappa shape index (κ1) is 15.3. The normalized spacial score (nSPS) is 14.7. The number of nitrogens with zero attached hydrogens (tertiary/aromatic N) is 5. The topological polar surface area (TPSA) is 63.6 Å². The lowest BCUT2D eigenvalue weighted by molar-refractivity contribution is 0.339. The van der Waals surface area contributed by atoms with E-state index in [2.05, 4.69) is 55.9 Å². The minimum absolute atomic E-state index is 0.271. The van der Waals surface area contributed by atoms with Crippen molar-refractivity contribution in [2.24, 2.45) is 0 Å². The predicted molar refractivity (Wildman–Crippen MR) is 88.5 cm³/mol. The van der Waals surface area contributed by atoms with Gasteiger partial charge in [-0.2, -0.15) is 9.97 Å². The minimum Gasteiger partial charge on any atom is -0.467 e. The molecule has 3 rings (SSSR count). The number of para-hydroxylation sites is 1. The number of hydrogen-bond donors (Lipinski definition) is 0. The molecule has 0 spiro atoms. The van der Waals surface area contributed by atoms with Crippen LogP contribution in [0.25, 0.3) is 0 Å². The van der Waals surface area contributed by atoms with Gasteiger partial charge in [-0.1, -0.05) is 18.2 Å². The van der Waals surface area contributed by atoms with Gasteiger partial charge in [0.1, 0.15) is 0 Å². The molecule has 0 unspecified atom stereocenters. The van der Waals surface area contributed by atoms with Crippen LogP contribution in [-0.4, -0.2) is 55.4 Å². The smallest absolute Gasteiger partial charge is 0.324 e. The zero-order valence-corrected chi connectivity index (χ0v) is 13.7. The second kappa shape index (κ2) is 6.68. The second-order valence-electron chi connectivity index (χ2n) is 5.37. The summed E-state index contributed by atoms with van der Waals surface area (Å²) in [6, 6.07) is 9.00. The fourth-order valence-corrected chi connectivity index (χ4v) is 2.72. The van der Waals surface area contributed by atoms with E-state index in [1.54, 1.807) is 0 Å². The van der Waals surface area contributed by atoms with Crippen LogP contribution >= 0.6 is 0 Å². The van der Waals surface area contributed by atoms with Crippen LogP contribution in [0.15, 0.2) is 24.3 Å². The van der Waals surface area contributed by atoms with Crippen LogP contribution in [-0.2, 0) is 0 Å². The largest absolute Gasteiger partial charge is 0.467 e. The number of piperazine rings is 1. The van der Waals surface area contributed by atoms with E-state index in [1.165, 1.54) is 25.5 Å². The Morgan fingerprint density at radius 1 is 0.826 bits per heavy atom. The molecule has 2 heterocycles. The van der Waals surface area contributed by atoms with E-state index in [9.17, 15) is 0 Å². The molecule has 1 aliphatic heterocycles. The minimum atomic E-state index is 0.271. The van der Waals surface area contributed by atoms with Gasteiger partial charge in [0.05, 0.1) is 14.2 Å². The Labute approximate surface area is 135 Å². The molecular weight excluding hydrogens is 294 g/mol. The number of benzene rings is 1. The molecule has 1 saturated heterocycles. The molecular formula is C16H21N5O2. The fraction of sp³-hybridized carbons (Fsp3) is 0.438. The number of rotatable bonds is 4. The van der Waals surface area contributed by atoms with Gasteiger partial charge in [-0.3, -0.25) is 0 Å². The maximum atomic E-state index is 5.12. The summed E-state index contributed by atoms with van der Waals surface area (Å²) in [5, 5.41) is 0. The molecule has 1 aliphatic rings. The van der Waals surface area contributed by atoms with Crippen LogP contribution < -0.4 is 19.3 Å². The number of hydrogen-bond acceptors (Lipinski definition) is 7. The predicted octanol–water partition coefficient (Wildman–Crippen LogP) is 1.52. The average molecular weight is 315 g/mol. The zero-order chi connectivity index (χ0) is 16.2. The van der Waals surface area contributed by atoms with Crippen LogP contribution in [0.4, 0.5) is 11.6 Å². The standard InChI is InChI=1S/C16H21N5O2/c1-12-6-4-5-7-13(12)20-8-10-21(11-9-20)14-17-15(22-2)19-16(18-14)23-3/h4-7H,8-11H2,1-3H3. The van der Waals surface area contributed by atoms with Crippen molar-refractivity contribution in [3.63, 3.8) is 0 Å². The van der Waals surface area contributed by atoms with Gasteiger partial charge in [0.25, 0.3) is 0 Å². The highest BCUT2D eigenvalue weighted by molar-refractivity contribution is 5.54. The van der Waals surface area contributed by atoms with Crippen molar-refractivity contribution in [3.8, 4) is 12.0 Å². The molecule has 0 radical (unpaired) electrons. The highest BCUT2D eigenvalue weighted by Crippen LogP contribution is 2.23. The Morgan fingerprint density at radius 3 is 1.96 bits per heavy atom. The Bertz CT molecular complexity index is 649. The van der Waals surface area contributed by atoms with Crippen LogP contribution in [0, 0.1) is 6.92 Å². The van der Waals surface area contributed by atoms with Gasteiger partial charge in [0, 0.05) is 31.9 Å². The highest BCUT2D eigenvalue weighted by Gasteiger charge is 2.21. The molecule has 7 nitrogen and oxygen atoms in total. The lowest BCUT2D eigenvalue weighted by Gasteiger charge is -2.36. The van der Waals surface area contributed by atoms with Gasteiger partial charge < -0.3 is 19.3 Å². The van der Waals surface area contributed by atoms with Crippen LogP contribution in [0.2, 0.25) is 0 Å². The number of methoxy groups -OCH3 is 2. The maximum absolute atomic E-state index is 5.12. The Balaban J connectivity index is 1.73. The quantitative estimate of drug-likeness (QED) is 0.847. The number of aromatic nitrogens is 3. The first-order valence-corrected chi connectivity index (χ1v) is 7.61. The summed E-state index contributed by atoms with van der Waals surface area (Å²) in [7, 11) is 3.07. The van der Waals surface area contributed by atoms with Crippen molar-refractivity contribution >= 4 is 11.6 Å². The van der Waals surface area contributed by atoms with Crippen molar-refractivity contribution in [1.29, 1.82) is 0 Å². The van der Waals surface area contributed by atoms with Gasteiger partial charge >= 0.3 is 12.0 Å². The van der Waals surface area contributed by atoms with E-state index < -0.39 is 0 Å². The summed E-state index contributed by atoms with van der Waals surface area (Å²) in [6.07, 6.45) is 0. The Hall–Kier alpha value is -2.57. The van der Waals surface area contributed by atoms with Gasteiger partial charge in [-0.15, -0.1) is 4.98 Å². The lowest BCUT2D eigenvalue weighted by Crippen LogP contribution is -2.47. The summed E-state index contributed by atoms with van der Waals surface area (Å²) in [5.74, 6) is 0.595. The molecule has 122 valence electrons. The molecule has 7 heteroatoms. The molecule has 0 saturated carbocycles. The highest BCUT2D eigenvalue weighted by atomic mass is 16.5. The first-order chi connectivity index (χ1) is 11.2. The van der Waals surface area contributed by atoms with Crippen LogP contribution in [0.5, 0.6) is 12.0 Å². The molecule has 0 bridgehead atoms. The van der Waals surface area contributed by atoms with Gasteiger partial charge in [0.2, 0.25) is 5.95 Å². The molecule has 23 heavy (non-hydrogen) atoms. The molecule has 1 aromatic heterocycles. The third-order valence-corrected chi connectivity index (χ3v) is 3.97. The van der Waals surface area contributed by atoms with Crippen molar-refractivity contribution < 1.29 is 9.47 Å². The third-order valence-electron chi connectivity index (χ3n) is 3.97. The third kappa shape index (κ3) is 3.28. The van der Waals surface area contributed by atoms with Crippen LogP contribution in [0.1, 0.15) is 5.56 Å². The van der Waals surface area contributed by atoms with Crippen molar-refractivity contribution in [2.75, 3.05) is 50.2 Å². The summed E-state index contributed by atoms with van der Waals surface area (Å²) < 4.78 is 10.2. The fourth-order valence-electron chi connectivity index (χ4n) is 2.72. The maximum Gasteiger partial charge on any atom is 0.324 e. The van der Waals surface area contributed by atoms with Gasteiger partial charge in [-0.25, -0.2) is 0 Å². The second-order valence-corrected chi connectivity index (χ2v) is 5.37. The van der Waals surface area contributed by atoms with Gasteiger partial charge in [-0.05, 0) is 18.6 Å². The first-order valence-electron chi connectivity index (χ1n) is 7.61. The van der Waals surface area contributed by atoms with Crippen molar-refractivity contribution in [2.45, 2.75) is 6.92 Å². The molecule has 0 atom stereocenters. The number of ether oxygens (including phenoxy) is 2. The molecule has 1 fully saturated rings. The molecule has 0 N–H and O–H groups in total. The summed E-state index contributed by atoms with van der Waals surface area (Å²) >= 11 is 0. The molecule has 0 amide bonds. The molecule has 1 aromatic carbocycles. The molecule has 2 aromatic rings. The van der Waals surface area contributed by atoms with E-state index in [0.717, 1.165) is 26.2 Å². The molecule has 0 aliphatic carbocycles. The van der Waals surface area contributed by atoms with E-state index in [0.29, 0.717) is 5.95 Å². The van der Waals surface area contributed by atoms with Gasteiger partial charge in [0.15, 0.2) is 0 Å². The van der Waals surface area contributed by atoms with E-state index >= 15 is 0 Å². The van der Waals surface area contributed by atoms with Crippen molar-refractivity contribution in [3.05, 3.63) is 29.8 Å². The SMILES string of the molecule is COc1nc(OC)nc(N2CCN(c3ccccc3C)CC2)n1. The Morgan fingerprint density at radius 2 is 1.39 bits per heavy atom. The summed E-state index contributed by atoms with van der Waals surface area (Å²) in [4.78, 5) is 17.2. The average Bonchev–Trinajstić information content (AvgIpc) is 2.62. The lowest BCUT2D eigenvalue weighted by atomic mass is 10.1. The van der Waals surface area contributed by atoms with E-state index in [-0.39, 0.29) is 12.0 Å². The summed E-state index contributed by atoms with van der Waals surface area (Å²) in [5.41, 5.74) is 2.59. The summed E-state index contributed by atoms with van der Waals surface area (Å²) in [6.45, 7) is 5.65. The van der Waals surface area contributed by atoms with Crippen LogP contribution in [0.3, 0.4) is 0 Å². The Kier molecular flexibility index (Phi) is 4.45. The zero-order valence-electron chi connectivity index (χ0n) is 13.7. The van der Waals surface area contributed by atoms with Crippen molar-refractivity contribution in [1.82, 2.24) is 15.0 Å². The number of anilines is 2. The monoisotopic (exact) mass is 315 g/mol. The van der Waals surface area contributed by atoms with E-state index in [1.807, 2.05) is 0 Å². The number of aryl methyl sites for hydroxylation is 1. The van der Waals surface area contributed by atoms with E-state index in [4.69, 9.17) is 9.47 Å².